The molecule has 176 valence electrons. The van der Waals surface area contributed by atoms with E-state index in [1.54, 1.807) is 11.8 Å². The Kier molecular flexibility index (Phi) is 21.0. The first-order chi connectivity index (χ1) is 14.4. The standard InChI is InChI=1S/C18H24BrClO3S.3C2H6/c1-3-16(24-11(2)19)7-13-6-12(4-5-17(13)20)18-9-14(22)8-15(10-21)23-18;3*1-2/h3-6,11,14-15,18,21-22H,7-10H2,1-2H3;3*1-2H3/b16-3-;;;. The van der Waals surface area contributed by atoms with Crippen LogP contribution >= 0.6 is 39.3 Å². The minimum atomic E-state index is -0.448. The van der Waals surface area contributed by atoms with Gasteiger partial charge >= 0.3 is 0 Å². The zero-order valence-corrected chi connectivity index (χ0v) is 23.1. The predicted molar refractivity (Wildman–Crippen MR) is 139 cm³/mol. The Morgan fingerprint density at radius 1 is 1.23 bits per heavy atom. The van der Waals surface area contributed by atoms with Crippen LogP contribution in [0.1, 0.15) is 85.5 Å². The fourth-order valence-corrected chi connectivity index (χ4v) is 4.56. The number of alkyl halides is 1. The molecule has 3 nitrogen and oxygen atoms in total. The molecular formula is C24H42BrClO3S. The molecule has 0 saturated carbocycles. The monoisotopic (exact) mass is 524 g/mol. The van der Waals surface area contributed by atoms with Crippen LogP contribution in [0.15, 0.2) is 29.2 Å². The molecule has 0 bridgehead atoms. The second-order valence-corrected chi connectivity index (χ2v) is 9.85. The van der Waals surface area contributed by atoms with Crippen LogP contribution in [0, 0.1) is 0 Å². The minimum Gasteiger partial charge on any atom is -0.394 e. The number of ether oxygens (including phenoxy) is 1. The largest absolute Gasteiger partial charge is 0.394 e. The van der Waals surface area contributed by atoms with E-state index >= 15 is 0 Å². The highest BCUT2D eigenvalue weighted by atomic mass is 79.9. The molecule has 1 aromatic carbocycles. The van der Waals surface area contributed by atoms with Crippen molar-refractivity contribution in [3.63, 3.8) is 0 Å². The summed E-state index contributed by atoms with van der Waals surface area (Å²) in [5.74, 6) is 0. The Bertz CT molecular complexity index is 582. The maximum absolute atomic E-state index is 10.0. The third-order valence-corrected chi connectivity index (χ3v) is 5.96. The molecule has 0 amide bonds. The predicted octanol–water partition coefficient (Wildman–Crippen LogP) is 7.91. The van der Waals surface area contributed by atoms with Gasteiger partial charge in [-0.1, -0.05) is 87.3 Å². The van der Waals surface area contributed by atoms with Crippen LogP contribution in [0.3, 0.4) is 0 Å². The normalized spacial score (nSPS) is 21.7. The minimum absolute atomic E-state index is 0.0729. The lowest BCUT2D eigenvalue weighted by Gasteiger charge is -2.32. The quantitative estimate of drug-likeness (QED) is 0.370. The van der Waals surface area contributed by atoms with Gasteiger partial charge in [0.15, 0.2) is 0 Å². The van der Waals surface area contributed by atoms with E-state index in [9.17, 15) is 10.2 Å². The van der Waals surface area contributed by atoms with E-state index in [1.807, 2.05) is 60.6 Å². The molecule has 4 unspecified atom stereocenters. The van der Waals surface area contributed by atoms with Crippen molar-refractivity contribution in [1.82, 2.24) is 0 Å². The summed E-state index contributed by atoms with van der Waals surface area (Å²) in [5.41, 5.74) is 2.05. The van der Waals surface area contributed by atoms with Gasteiger partial charge in [0, 0.05) is 24.3 Å². The number of rotatable bonds is 6. The zero-order valence-electron chi connectivity index (χ0n) is 19.9. The van der Waals surface area contributed by atoms with E-state index in [0.717, 1.165) is 22.6 Å². The summed E-state index contributed by atoms with van der Waals surface area (Å²) in [4.78, 5) is 1.25. The summed E-state index contributed by atoms with van der Waals surface area (Å²) in [6.07, 6.45) is 2.93. The van der Waals surface area contributed by atoms with Gasteiger partial charge in [0.05, 0.1) is 29.1 Å². The average Bonchev–Trinajstić information content (AvgIpc) is 2.78. The first-order valence-corrected chi connectivity index (χ1v) is 13.3. The van der Waals surface area contributed by atoms with E-state index in [-0.39, 0.29) is 18.8 Å². The molecule has 0 aromatic heterocycles. The Morgan fingerprint density at radius 2 is 1.83 bits per heavy atom. The first-order valence-electron chi connectivity index (χ1n) is 11.1. The Labute approximate surface area is 202 Å². The molecule has 1 fully saturated rings. The molecule has 1 aliphatic rings. The van der Waals surface area contributed by atoms with Crippen LogP contribution < -0.4 is 0 Å². The van der Waals surface area contributed by atoms with Crippen molar-refractivity contribution in [2.24, 2.45) is 0 Å². The molecule has 1 aromatic rings. The third kappa shape index (κ3) is 12.1. The Hall–Kier alpha value is -0.0400. The molecule has 2 rings (SSSR count). The van der Waals surface area contributed by atoms with Gasteiger partial charge < -0.3 is 14.9 Å². The molecule has 6 heteroatoms. The fraction of sp³-hybridized carbons (Fsp3) is 0.667. The lowest BCUT2D eigenvalue weighted by Crippen LogP contribution is -2.33. The van der Waals surface area contributed by atoms with Gasteiger partial charge in [0.2, 0.25) is 0 Å². The molecule has 30 heavy (non-hydrogen) atoms. The molecule has 1 heterocycles. The van der Waals surface area contributed by atoms with Gasteiger partial charge in [-0.3, -0.25) is 0 Å². The maximum atomic E-state index is 10.0. The summed E-state index contributed by atoms with van der Waals surface area (Å²) in [5, 5.41) is 20.1. The van der Waals surface area contributed by atoms with Gasteiger partial charge in [-0.2, -0.15) is 0 Å². The lowest BCUT2D eigenvalue weighted by atomic mass is 9.94. The topological polar surface area (TPSA) is 49.7 Å². The van der Waals surface area contributed by atoms with Crippen LogP contribution in [0.25, 0.3) is 0 Å². The van der Waals surface area contributed by atoms with Gasteiger partial charge in [0.25, 0.3) is 0 Å². The zero-order chi connectivity index (χ0) is 23.7. The molecule has 4 atom stereocenters. The van der Waals surface area contributed by atoms with Crippen molar-refractivity contribution >= 4 is 39.3 Å². The van der Waals surface area contributed by atoms with Gasteiger partial charge in [0.1, 0.15) is 0 Å². The Morgan fingerprint density at radius 3 is 2.33 bits per heavy atom. The third-order valence-electron chi connectivity index (χ3n) is 4.02. The van der Waals surface area contributed by atoms with Crippen LogP contribution in [-0.4, -0.2) is 33.2 Å². The second kappa shape index (κ2) is 19.6. The molecule has 0 aliphatic carbocycles. The number of aliphatic hydroxyl groups excluding tert-OH is 2. The highest BCUT2D eigenvalue weighted by molar-refractivity contribution is 9.11. The molecule has 2 N–H and O–H groups in total. The van der Waals surface area contributed by atoms with Gasteiger partial charge in [-0.05, 0) is 35.9 Å². The van der Waals surface area contributed by atoms with Crippen LogP contribution in [-0.2, 0) is 11.2 Å². The van der Waals surface area contributed by atoms with Crippen LogP contribution in [0.2, 0.25) is 5.02 Å². The number of hydrogen-bond acceptors (Lipinski definition) is 4. The van der Waals surface area contributed by atoms with E-state index in [2.05, 4.69) is 35.0 Å². The molecule has 1 aliphatic heterocycles. The van der Waals surface area contributed by atoms with Gasteiger partial charge in [-0.25, -0.2) is 0 Å². The number of halogens is 2. The lowest BCUT2D eigenvalue weighted by molar-refractivity contribution is -0.113. The summed E-state index contributed by atoms with van der Waals surface area (Å²) in [7, 11) is 0. The van der Waals surface area contributed by atoms with E-state index in [0.29, 0.717) is 17.0 Å². The van der Waals surface area contributed by atoms with Crippen LogP contribution in [0.5, 0.6) is 0 Å². The first kappa shape index (κ1) is 32.1. The van der Waals surface area contributed by atoms with Crippen molar-refractivity contribution in [3.05, 3.63) is 45.3 Å². The SMILES string of the molecule is C/C=C(/Cc1cc(C2CC(O)CC(CO)O2)ccc1Cl)SC(C)Br.CC.CC.CC. The summed E-state index contributed by atoms with van der Waals surface area (Å²) < 4.78 is 6.24. The smallest absolute Gasteiger partial charge is 0.0854 e. The molecular weight excluding hydrogens is 484 g/mol. The van der Waals surface area contributed by atoms with Crippen LogP contribution in [0.4, 0.5) is 0 Å². The van der Waals surface area contributed by atoms with Crippen molar-refractivity contribution in [2.45, 2.75) is 97.1 Å². The molecule has 0 radical (unpaired) electrons. The molecule has 1 saturated heterocycles. The van der Waals surface area contributed by atoms with Crippen molar-refractivity contribution in [1.29, 1.82) is 0 Å². The van der Waals surface area contributed by atoms with Crippen molar-refractivity contribution in [2.75, 3.05) is 6.61 Å². The van der Waals surface area contributed by atoms with E-state index in [4.69, 9.17) is 16.3 Å². The number of allylic oxidation sites excluding steroid dienone is 2. The summed E-state index contributed by atoms with van der Waals surface area (Å²) in [6.45, 7) is 16.1. The van der Waals surface area contributed by atoms with Gasteiger partial charge in [-0.15, -0.1) is 11.8 Å². The Balaban J connectivity index is 0. The number of hydrogen-bond donors (Lipinski definition) is 2. The van der Waals surface area contributed by atoms with E-state index in [1.165, 1.54) is 4.91 Å². The summed E-state index contributed by atoms with van der Waals surface area (Å²) >= 11 is 11.7. The van der Waals surface area contributed by atoms with Crippen molar-refractivity contribution < 1.29 is 14.9 Å². The van der Waals surface area contributed by atoms with E-state index < -0.39 is 6.10 Å². The average molecular weight is 526 g/mol. The number of benzene rings is 1. The summed E-state index contributed by atoms with van der Waals surface area (Å²) in [6, 6.07) is 5.89. The highest BCUT2D eigenvalue weighted by Gasteiger charge is 2.29. The second-order valence-electron chi connectivity index (χ2n) is 6.00. The maximum Gasteiger partial charge on any atom is 0.0854 e. The van der Waals surface area contributed by atoms with Crippen molar-refractivity contribution in [3.8, 4) is 0 Å². The number of aliphatic hydroxyl groups is 2. The molecule has 0 spiro atoms. The fourth-order valence-electron chi connectivity index (χ4n) is 2.86. The number of thioether (sulfide) groups is 1. The highest BCUT2D eigenvalue weighted by Crippen LogP contribution is 2.35.